The van der Waals surface area contributed by atoms with E-state index < -0.39 is 11.7 Å². The Hall–Kier alpha value is -2.02. The average Bonchev–Trinajstić information content (AvgIpc) is 2.71. The van der Waals surface area contributed by atoms with Crippen molar-refractivity contribution in [1.82, 2.24) is 9.78 Å². The van der Waals surface area contributed by atoms with Crippen LogP contribution in [0.3, 0.4) is 0 Å². The predicted octanol–water partition coefficient (Wildman–Crippen LogP) is 2.01. The summed E-state index contributed by atoms with van der Waals surface area (Å²) in [7, 11) is 0. The van der Waals surface area contributed by atoms with E-state index in [4.69, 9.17) is 10.8 Å². The van der Waals surface area contributed by atoms with E-state index >= 15 is 0 Å². The first kappa shape index (κ1) is 13.4. The third-order valence-electron chi connectivity index (χ3n) is 2.69. The molecule has 19 heavy (non-hydrogen) atoms. The van der Waals surface area contributed by atoms with Crippen molar-refractivity contribution >= 4 is 5.82 Å². The Bertz CT molecular complexity index is 578. The normalized spacial score (nSPS) is 11.8. The zero-order chi connectivity index (χ0) is 14.0. The molecule has 3 N–H and O–H groups in total. The van der Waals surface area contributed by atoms with Crippen LogP contribution in [-0.2, 0) is 12.6 Å². The lowest BCUT2D eigenvalue weighted by Gasteiger charge is -2.10. The van der Waals surface area contributed by atoms with Crippen molar-refractivity contribution in [2.24, 2.45) is 0 Å². The van der Waals surface area contributed by atoms with E-state index in [0.29, 0.717) is 12.0 Å². The molecule has 0 amide bonds. The van der Waals surface area contributed by atoms with Gasteiger partial charge in [-0.25, -0.2) is 4.68 Å². The number of aliphatic hydroxyl groups excluding tert-OH is 1. The number of nitrogen functional groups attached to an aromatic ring is 1. The van der Waals surface area contributed by atoms with Crippen LogP contribution in [0.15, 0.2) is 30.5 Å². The highest BCUT2D eigenvalue weighted by Gasteiger charge is 2.30. The molecule has 1 heterocycles. The molecular formula is C12H12F3N3O. The summed E-state index contributed by atoms with van der Waals surface area (Å²) in [4.78, 5) is 0. The lowest BCUT2D eigenvalue weighted by molar-refractivity contribution is -0.137. The van der Waals surface area contributed by atoms with Crippen molar-refractivity contribution in [2.45, 2.75) is 12.6 Å². The molecule has 0 aliphatic rings. The molecule has 0 saturated heterocycles. The second-order valence-corrected chi connectivity index (χ2v) is 3.99. The fourth-order valence-corrected chi connectivity index (χ4v) is 1.72. The number of halogens is 3. The van der Waals surface area contributed by atoms with Crippen LogP contribution in [0.5, 0.6) is 0 Å². The Morgan fingerprint density at radius 1 is 1.32 bits per heavy atom. The van der Waals surface area contributed by atoms with E-state index in [9.17, 15) is 13.2 Å². The van der Waals surface area contributed by atoms with Crippen molar-refractivity contribution in [3.05, 3.63) is 41.6 Å². The molecule has 0 unspecified atom stereocenters. The minimum Gasteiger partial charge on any atom is -0.396 e. The van der Waals surface area contributed by atoms with Crippen molar-refractivity contribution in [3.63, 3.8) is 0 Å². The summed E-state index contributed by atoms with van der Waals surface area (Å²) >= 11 is 0. The second-order valence-electron chi connectivity index (χ2n) is 3.99. The number of anilines is 1. The lowest BCUT2D eigenvalue weighted by atomic mass is 10.2. The highest BCUT2D eigenvalue weighted by atomic mass is 19.4. The number of hydrogen-bond acceptors (Lipinski definition) is 3. The molecule has 0 aliphatic carbocycles. The Morgan fingerprint density at radius 2 is 2.05 bits per heavy atom. The number of nitrogens with two attached hydrogens (primary N) is 1. The SMILES string of the molecule is Nc1c(CCO)cnn1-c1cccc(C(F)(F)F)c1. The zero-order valence-corrected chi connectivity index (χ0v) is 9.85. The Kier molecular flexibility index (Phi) is 3.48. The molecule has 0 aliphatic heterocycles. The Morgan fingerprint density at radius 3 is 2.68 bits per heavy atom. The van der Waals surface area contributed by atoms with E-state index in [0.717, 1.165) is 12.1 Å². The number of rotatable bonds is 3. The fraction of sp³-hybridized carbons (Fsp3) is 0.250. The summed E-state index contributed by atoms with van der Waals surface area (Å²) in [5.41, 5.74) is 5.86. The van der Waals surface area contributed by atoms with Gasteiger partial charge < -0.3 is 10.8 Å². The van der Waals surface area contributed by atoms with E-state index in [-0.39, 0.29) is 18.1 Å². The molecule has 4 nitrogen and oxygen atoms in total. The summed E-state index contributed by atoms with van der Waals surface area (Å²) in [6, 6.07) is 4.75. The van der Waals surface area contributed by atoms with Gasteiger partial charge in [-0.1, -0.05) is 6.07 Å². The quantitative estimate of drug-likeness (QED) is 0.897. The smallest absolute Gasteiger partial charge is 0.396 e. The van der Waals surface area contributed by atoms with Crippen LogP contribution in [0.4, 0.5) is 19.0 Å². The molecule has 2 rings (SSSR count). The highest BCUT2D eigenvalue weighted by molar-refractivity contribution is 5.48. The van der Waals surface area contributed by atoms with Gasteiger partial charge in [0.1, 0.15) is 5.82 Å². The summed E-state index contributed by atoms with van der Waals surface area (Å²) in [6.07, 6.45) is -2.66. The van der Waals surface area contributed by atoms with Crippen LogP contribution in [0.2, 0.25) is 0 Å². The predicted molar refractivity (Wildman–Crippen MR) is 63.8 cm³/mol. The summed E-state index contributed by atoms with van der Waals surface area (Å²) in [6.45, 7) is -0.0987. The van der Waals surface area contributed by atoms with Gasteiger partial charge in [-0.3, -0.25) is 0 Å². The third kappa shape index (κ3) is 2.70. The maximum absolute atomic E-state index is 12.6. The van der Waals surface area contributed by atoms with Gasteiger partial charge in [-0.05, 0) is 18.2 Å². The first-order valence-corrected chi connectivity index (χ1v) is 5.54. The Labute approximate surface area is 107 Å². The molecule has 0 bridgehead atoms. The molecular weight excluding hydrogens is 259 g/mol. The largest absolute Gasteiger partial charge is 0.416 e. The van der Waals surface area contributed by atoms with Crippen LogP contribution in [-0.4, -0.2) is 21.5 Å². The van der Waals surface area contributed by atoms with Crippen LogP contribution in [0.25, 0.3) is 5.69 Å². The van der Waals surface area contributed by atoms with Crippen LogP contribution < -0.4 is 5.73 Å². The van der Waals surface area contributed by atoms with E-state index in [1.165, 1.54) is 23.0 Å². The number of alkyl halides is 3. The zero-order valence-electron chi connectivity index (χ0n) is 9.85. The van der Waals surface area contributed by atoms with Gasteiger partial charge in [0, 0.05) is 18.6 Å². The number of benzene rings is 1. The minimum atomic E-state index is -4.41. The molecule has 0 fully saturated rings. The number of nitrogens with zero attached hydrogens (tertiary/aromatic N) is 2. The van der Waals surface area contributed by atoms with Gasteiger partial charge in [0.05, 0.1) is 17.4 Å². The summed E-state index contributed by atoms with van der Waals surface area (Å²) < 4.78 is 39.1. The minimum absolute atomic E-state index is 0.0987. The second kappa shape index (κ2) is 4.93. The lowest BCUT2D eigenvalue weighted by Crippen LogP contribution is -2.08. The van der Waals surface area contributed by atoms with Crippen LogP contribution >= 0.6 is 0 Å². The summed E-state index contributed by atoms with van der Waals surface area (Å²) in [5, 5.41) is 12.8. The van der Waals surface area contributed by atoms with Crippen molar-refractivity contribution < 1.29 is 18.3 Å². The molecule has 0 saturated carbocycles. The van der Waals surface area contributed by atoms with Gasteiger partial charge in [0.25, 0.3) is 0 Å². The van der Waals surface area contributed by atoms with Gasteiger partial charge in [-0.15, -0.1) is 0 Å². The monoisotopic (exact) mass is 271 g/mol. The van der Waals surface area contributed by atoms with Gasteiger partial charge >= 0.3 is 6.18 Å². The standard InChI is InChI=1S/C12H12F3N3O/c13-12(14,15)9-2-1-3-10(6-9)18-11(16)8(4-5-19)7-17-18/h1-3,6-7,19H,4-5,16H2. The third-order valence-corrected chi connectivity index (χ3v) is 2.69. The number of aliphatic hydroxyl groups is 1. The average molecular weight is 271 g/mol. The highest BCUT2D eigenvalue weighted by Crippen LogP contribution is 2.30. The topological polar surface area (TPSA) is 64.1 Å². The fourth-order valence-electron chi connectivity index (χ4n) is 1.72. The molecule has 7 heteroatoms. The number of aromatic nitrogens is 2. The first-order valence-electron chi connectivity index (χ1n) is 5.54. The van der Waals surface area contributed by atoms with Crippen molar-refractivity contribution in [3.8, 4) is 5.69 Å². The number of hydrogen-bond donors (Lipinski definition) is 2. The maximum Gasteiger partial charge on any atom is 0.416 e. The van der Waals surface area contributed by atoms with E-state index in [1.54, 1.807) is 0 Å². The molecule has 0 atom stereocenters. The van der Waals surface area contributed by atoms with Gasteiger partial charge in [0.2, 0.25) is 0 Å². The Balaban J connectivity index is 2.42. The molecule has 0 radical (unpaired) electrons. The summed E-state index contributed by atoms with van der Waals surface area (Å²) in [5.74, 6) is 0.230. The molecule has 1 aromatic heterocycles. The molecule has 0 spiro atoms. The van der Waals surface area contributed by atoms with Gasteiger partial charge in [-0.2, -0.15) is 18.3 Å². The molecule has 102 valence electrons. The van der Waals surface area contributed by atoms with Gasteiger partial charge in [0.15, 0.2) is 0 Å². The first-order chi connectivity index (χ1) is 8.93. The van der Waals surface area contributed by atoms with E-state index in [2.05, 4.69) is 5.10 Å². The molecule has 2 aromatic rings. The van der Waals surface area contributed by atoms with Crippen LogP contribution in [0.1, 0.15) is 11.1 Å². The van der Waals surface area contributed by atoms with Crippen molar-refractivity contribution in [2.75, 3.05) is 12.3 Å². The molecule has 1 aromatic carbocycles. The van der Waals surface area contributed by atoms with Crippen molar-refractivity contribution in [1.29, 1.82) is 0 Å². The van der Waals surface area contributed by atoms with Crippen LogP contribution in [0, 0.1) is 0 Å². The maximum atomic E-state index is 12.6. The van der Waals surface area contributed by atoms with E-state index in [1.807, 2.05) is 0 Å².